The molecular formula is C19H31N5O2S. The summed E-state index contributed by atoms with van der Waals surface area (Å²) in [5, 5.41) is 1.06. The van der Waals surface area contributed by atoms with Crippen LogP contribution in [-0.4, -0.2) is 64.0 Å². The van der Waals surface area contributed by atoms with E-state index in [0.29, 0.717) is 36.6 Å². The van der Waals surface area contributed by atoms with Gasteiger partial charge in [-0.25, -0.2) is 18.5 Å². The van der Waals surface area contributed by atoms with E-state index in [1.807, 2.05) is 19.2 Å². The normalized spacial score (nSPS) is 22.5. The Morgan fingerprint density at radius 3 is 2.81 bits per heavy atom. The predicted octanol–water partition coefficient (Wildman–Crippen LogP) is 3.09. The van der Waals surface area contributed by atoms with Gasteiger partial charge < -0.3 is 14.6 Å². The summed E-state index contributed by atoms with van der Waals surface area (Å²) < 4.78 is 22.7. The molecule has 7 nitrogen and oxygen atoms in total. The molecule has 27 heavy (non-hydrogen) atoms. The molecule has 0 aliphatic heterocycles. The summed E-state index contributed by atoms with van der Waals surface area (Å²) >= 11 is 0. The molecule has 1 fully saturated rings. The Morgan fingerprint density at radius 2 is 2.11 bits per heavy atom. The number of H-pyrrole nitrogens is 1. The molecule has 8 heteroatoms. The summed E-state index contributed by atoms with van der Waals surface area (Å²) in [5.41, 5.74) is 0.875. The van der Waals surface area contributed by atoms with Crippen LogP contribution in [0.15, 0.2) is 23.0 Å². The fourth-order valence-corrected chi connectivity index (χ4v) is 6.40. The highest BCUT2D eigenvalue weighted by Gasteiger charge is 2.28. The minimum absolute atomic E-state index is 0.451. The first-order valence-electron chi connectivity index (χ1n) is 9.74. The summed E-state index contributed by atoms with van der Waals surface area (Å²) in [4.78, 5) is 14.2. The first kappa shape index (κ1) is 20.1. The van der Waals surface area contributed by atoms with Crippen molar-refractivity contribution >= 4 is 26.6 Å². The van der Waals surface area contributed by atoms with E-state index >= 15 is 0 Å². The molecule has 1 aliphatic rings. The lowest BCUT2D eigenvalue weighted by Gasteiger charge is -2.35. The summed E-state index contributed by atoms with van der Waals surface area (Å²) in [6, 6.07) is 2.48. The Bertz CT molecular complexity index is 851. The third-order valence-corrected chi connectivity index (χ3v) is 8.02. The molecule has 0 spiro atoms. The molecule has 2 aromatic rings. The van der Waals surface area contributed by atoms with E-state index in [4.69, 9.17) is 4.74 Å². The smallest absolute Gasteiger partial charge is 0.142 e. The Kier molecular flexibility index (Phi) is 6.70. The minimum Gasteiger partial charge on any atom is -0.384 e. The van der Waals surface area contributed by atoms with Gasteiger partial charge in [0.15, 0.2) is 0 Å². The second-order valence-electron chi connectivity index (χ2n) is 7.30. The van der Waals surface area contributed by atoms with Crippen LogP contribution in [0.5, 0.6) is 0 Å². The first-order valence-corrected chi connectivity index (χ1v) is 11.6. The molecule has 2 heterocycles. The van der Waals surface area contributed by atoms with Crippen molar-refractivity contribution in [2.75, 3.05) is 43.7 Å². The van der Waals surface area contributed by atoms with Crippen molar-refractivity contribution in [2.45, 2.75) is 38.6 Å². The van der Waals surface area contributed by atoms with Crippen LogP contribution in [-0.2, 0) is 14.5 Å². The topological polar surface area (TPSA) is 83.5 Å². The van der Waals surface area contributed by atoms with Crippen LogP contribution in [0.25, 0.3) is 11.0 Å². The molecular weight excluding hydrogens is 362 g/mol. The number of aromatic nitrogens is 3. The molecule has 0 bridgehead atoms. The average Bonchev–Trinajstić information content (AvgIpc) is 3.15. The van der Waals surface area contributed by atoms with Gasteiger partial charge in [0.25, 0.3) is 0 Å². The van der Waals surface area contributed by atoms with E-state index in [1.165, 1.54) is 0 Å². The Balaban J connectivity index is 1.62. The number of ether oxygens (including phenoxy) is 1. The molecule has 1 aliphatic carbocycles. The van der Waals surface area contributed by atoms with E-state index in [0.717, 1.165) is 42.5 Å². The second kappa shape index (κ2) is 9.01. The van der Waals surface area contributed by atoms with Gasteiger partial charge in [0, 0.05) is 48.4 Å². The van der Waals surface area contributed by atoms with Gasteiger partial charge in [-0.05, 0) is 44.6 Å². The van der Waals surface area contributed by atoms with Gasteiger partial charge >= 0.3 is 0 Å². The first-order chi connectivity index (χ1) is 13.1. The zero-order valence-electron chi connectivity index (χ0n) is 16.6. The third-order valence-electron chi connectivity index (χ3n) is 5.50. The fraction of sp³-hybridized carbons (Fsp3) is 0.684. The molecule has 1 saturated carbocycles. The molecule has 0 amide bonds. The lowest BCUT2D eigenvalue weighted by Crippen LogP contribution is -2.37. The maximum Gasteiger partial charge on any atom is 0.142 e. The number of hydrogen-bond acceptors (Lipinski definition) is 6. The molecule has 0 radical (unpaired) electrons. The summed E-state index contributed by atoms with van der Waals surface area (Å²) in [5.74, 6) is 2.71. The van der Waals surface area contributed by atoms with Gasteiger partial charge in [0.1, 0.15) is 17.8 Å². The average molecular weight is 394 g/mol. The number of fused-ring (bicyclic) bond motifs is 1. The van der Waals surface area contributed by atoms with Crippen LogP contribution in [0, 0.1) is 5.92 Å². The van der Waals surface area contributed by atoms with Crippen LogP contribution in [0.2, 0.25) is 0 Å². The van der Waals surface area contributed by atoms with E-state index in [9.17, 15) is 4.21 Å². The number of nitrogens with zero attached hydrogens (tertiary/aromatic N) is 4. The molecule has 2 aromatic heterocycles. The van der Waals surface area contributed by atoms with Gasteiger partial charge in [-0.3, -0.25) is 0 Å². The Morgan fingerprint density at radius 1 is 1.33 bits per heavy atom. The van der Waals surface area contributed by atoms with Crippen molar-refractivity contribution in [1.29, 1.82) is 0 Å². The SMILES string of the molecule is CCN=S(=O)(CCOC)CC1CCC(N(C)c2ncnc3[nH]ccc23)CC1. The van der Waals surface area contributed by atoms with Crippen molar-refractivity contribution in [1.82, 2.24) is 15.0 Å². The van der Waals surface area contributed by atoms with Gasteiger partial charge in [0.2, 0.25) is 0 Å². The minimum atomic E-state index is -2.15. The highest BCUT2D eigenvalue weighted by molar-refractivity contribution is 7.93. The van der Waals surface area contributed by atoms with Crippen LogP contribution in [0.3, 0.4) is 0 Å². The van der Waals surface area contributed by atoms with Crippen molar-refractivity contribution in [3.8, 4) is 0 Å². The monoisotopic (exact) mass is 393 g/mol. The highest BCUT2D eigenvalue weighted by atomic mass is 32.2. The predicted molar refractivity (Wildman–Crippen MR) is 111 cm³/mol. The number of anilines is 1. The third kappa shape index (κ3) is 4.79. The maximum atomic E-state index is 13.1. The van der Waals surface area contributed by atoms with Crippen molar-refractivity contribution in [3.63, 3.8) is 0 Å². The number of aromatic amines is 1. The largest absolute Gasteiger partial charge is 0.384 e. The molecule has 1 unspecified atom stereocenters. The lowest BCUT2D eigenvalue weighted by molar-refractivity contribution is 0.217. The Hall–Kier alpha value is -1.67. The van der Waals surface area contributed by atoms with Gasteiger partial charge in [-0.15, -0.1) is 0 Å². The zero-order valence-corrected chi connectivity index (χ0v) is 17.4. The van der Waals surface area contributed by atoms with E-state index in [1.54, 1.807) is 13.4 Å². The molecule has 1 N–H and O–H groups in total. The summed E-state index contributed by atoms with van der Waals surface area (Å²) in [6.45, 7) is 3.09. The molecule has 0 saturated heterocycles. The lowest BCUT2D eigenvalue weighted by atomic mass is 9.86. The Labute approximate surface area is 162 Å². The van der Waals surface area contributed by atoms with Crippen LogP contribution in [0.1, 0.15) is 32.6 Å². The van der Waals surface area contributed by atoms with Gasteiger partial charge in [-0.2, -0.15) is 0 Å². The van der Waals surface area contributed by atoms with E-state index in [2.05, 4.69) is 31.3 Å². The molecule has 1 atom stereocenters. The van der Waals surface area contributed by atoms with E-state index < -0.39 is 9.73 Å². The van der Waals surface area contributed by atoms with E-state index in [-0.39, 0.29) is 0 Å². The van der Waals surface area contributed by atoms with Crippen LogP contribution in [0.4, 0.5) is 5.82 Å². The van der Waals surface area contributed by atoms with Gasteiger partial charge in [-0.1, -0.05) is 0 Å². The zero-order chi connectivity index (χ0) is 19.3. The summed E-state index contributed by atoms with van der Waals surface area (Å²) in [6.07, 6.45) is 7.86. The van der Waals surface area contributed by atoms with Crippen LogP contribution < -0.4 is 4.90 Å². The summed E-state index contributed by atoms with van der Waals surface area (Å²) in [7, 11) is 1.62. The van der Waals surface area contributed by atoms with Crippen LogP contribution >= 0.6 is 0 Å². The van der Waals surface area contributed by atoms with Crippen molar-refractivity contribution in [2.24, 2.45) is 10.3 Å². The molecule has 0 aromatic carbocycles. The molecule has 150 valence electrons. The number of hydrogen-bond donors (Lipinski definition) is 1. The quantitative estimate of drug-likeness (QED) is 0.745. The highest BCUT2D eigenvalue weighted by Crippen LogP contribution is 2.32. The second-order valence-corrected chi connectivity index (χ2v) is 9.85. The standard InChI is InChI=1S/C19H31N5O2S/c1-4-23-27(25,12-11-26-3)13-15-5-7-16(8-6-15)24(2)19-17-9-10-20-18(17)21-14-22-19/h9-10,14-16H,4-8,11-13H2,1-3H3,(H,20,21,22). The number of rotatable bonds is 8. The van der Waals surface area contributed by atoms with Gasteiger partial charge in [0.05, 0.1) is 17.7 Å². The van der Waals surface area contributed by atoms with Crippen molar-refractivity contribution < 1.29 is 8.95 Å². The molecule has 3 rings (SSSR count). The van der Waals surface area contributed by atoms with Crippen molar-refractivity contribution in [3.05, 3.63) is 18.6 Å². The number of methoxy groups -OCH3 is 1. The maximum absolute atomic E-state index is 13.1. The fourth-order valence-electron chi connectivity index (χ4n) is 4.03. The number of nitrogens with one attached hydrogen (secondary N) is 1.